The van der Waals surface area contributed by atoms with Crippen LogP contribution in [0.1, 0.15) is 77.9 Å². The first kappa shape index (κ1) is 29.1. The minimum atomic E-state index is -1.23. The zero-order chi connectivity index (χ0) is 26.3. The molecule has 35 heavy (non-hydrogen) atoms. The van der Waals surface area contributed by atoms with Crippen molar-refractivity contribution in [3.63, 3.8) is 0 Å². The van der Waals surface area contributed by atoms with Crippen LogP contribution >= 0.6 is 11.3 Å². The number of rotatable bonds is 3. The summed E-state index contributed by atoms with van der Waals surface area (Å²) in [5.74, 6) is -1.64. The maximum atomic E-state index is 13.2. The lowest BCUT2D eigenvalue weighted by Crippen LogP contribution is -2.45. The number of ketones is 1. The molecule has 0 unspecified atom stereocenters. The van der Waals surface area contributed by atoms with Gasteiger partial charge in [0.2, 0.25) is 0 Å². The van der Waals surface area contributed by atoms with E-state index in [0.717, 1.165) is 28.3 Å². The summed E-state index contributed by atoms with van der Waals surface area (Å²) in [7, 11) is 0. The Morgan fingerprint density at radius 1 is 1.26 bits per heavy atom. The van der Waals surface area contributed by atoms with Gasteiger partial charge in [-0.2, -0.15) is 0 Å². The second-order valence-corrected chi connectivity index (χ2v) is 11.3. The average Bonchev–Trinajstić information content (AvgIpc) is 3.21. The molecule has 5 atom stereocenters. The van der Waals surface area contributed by atoms with Crippen molar-refractivity contribution >= 4 is 29.2 Å². The Labute approximate surface area is 213 Å². The van der Waals surface area contributed by atoms with Crippen LogP contribution in [0.5, 0.6) is 0 Å². The molecule has 0 fully saturated rings. The molecule has 0 saturated carbocycles. The molecule has 0 saturated heterocycles. The van der Waals surface area contributed by atoms with Gasteiger partial charge in [0.1, 0.15) is 11.9 Å². The van der Waals surface area contributed by atoms with Gasteiger partial charge < -0.3 is 14.9 Å². The van der Waals surface area contributed by atoms with Gasteiger partial charge in [0.05, 0.1) is 34.7 Å². The Kier molecular flexibility index (Phi) is 10.6. The van der Waals surface area contributed by atoms with Crippen LogP contribution in [0.2, 0.25) is 0 Å². The van der Waals surface area contributed by atoms with Gasteiger partial charge in [-0.05, 0) is 44.3 Å². The van der Waals surface area contributed by atoms with E-state index in [2.05, 4.69) is 18.0 Å². The normalized spacial score (nSPS) is 32.0. The van der Waals surface area contributed by atoms with Crippen molar-refractivity contribution in [1.82, 2.24) is 4.98 Å². The van der Waals surface area contributed by atoms with E-state index in [1.165, 1.54) is 0 Å². The van der Waals surface area contributed by atoms with Crippen LogP contribution in [-0.4, -0.2) is 45.3 Å². The predicted molar refractivity (Wildman–Crippen MR) is 141 cm³/mol. The van der Waals surface area contributed by atoms with E-state index in [1.807, 2.05) is 44.4 Å². The van der Waals surface area contributed by atoms with Gasteiger partial charge in [-0.25, -0.2) is 4.98 Å². The van der Waals surface area contributed by atoms with E-state index in [9.17, 15) is 19.8 Å². The zero-order valence-corrected chi connectivity index (χ0v) is 22.9. The second kappa shape index (κ2) is 12.7. The van der Waals surface area contributed by atoms with Crippen molar-refractivity contribution in [2.75, 3.05) is 0 Å². The number of nitrogens with zero attached hydrogens (tertiary/aromatic N) is 1. The van der Waals surface area contributed by atoms with Crippen molar-refractivity contribution in [3.05, 3.63) is 45.5 Å². The summed E-state index contributed by atoms with van der Waals surface area (Å²) in [6.45, 7) is 12.8. The maximum absolute atomic E-state index is 13.2. The summed E-state index contributed by atoms with van der Waals surface area (Å²) in [6, 6.07) is 0. The number of hydrogen-bond donors (Lipinski definition) is 2. The molecule has 7 heteroatoms. The number of carbonyl (C=O) groups is 2. The van der Waals surface area contributed by atoms with Gasteiger partial charge in [0.15, 0.2) is 0 Å². The summed E-state index contributed by atoms with van der Waals surface area (Å²) < 4.78 is 5.83. The molecule has 0 bridgehead atoms. The average molecular weight is 504 g/mol. The van der Waals surface area contributed by atoms with Crippen LogP contribution in [0, 0.1) is 24.2 Å². The van der Waals surface area contributed by atoms with Gasteiger partial charge in [0, 0.05) is 17.7 Å². The molecule has 0 aliphatic carbocycles. The third-order valence-electron chi connectivity index (χ3n) is 6.97. The minimum Gasteiger partial charge on any atom is -0.457 e. The van der Waals surface area contributed by atoms with Crippen molar-refractivity contribution in [3.8, 4) is 0 Å². The van der Waals surface area contributed by atoms with Crippen molar-refractivity contribution < 1.29 is 24.5 Å². The molecule has 1 aliphatic rings. The van der Waals surface area contributed by atoms with Crippen LogP contribution in [-0.2, 0) is 14.3 Å². The van der Waals surface area contributed by atoms with Crippen LogP contribution in [0.15, 0.2) is 34.8 Å². The number of aliphatic hydroxyl groups excluding tert-OH is 2. The number of aromatic nitrogens is 1. The van der Waals surface area contributed by atoms with Gasteiger partial charge in [0.25, 0.3) is 0 Å². The number of esters is 1. The number of aryl methyl sites for hydroxylation is 1. The summed E-state index contributed by atoms with van der Waals surface area (Å²) in [4.78, 5) is 30.6. The largest absolute Gasteiger partial charge is 0.457 e. The van der Waals surface area contributed by atoms with E-state index < -0.39 is 35.6 Å². The van der Waals surface area contributed by atoms with Gasteiger partial charge in [-0.3, -0.25) is 9.59 Å². The highest BCUT2D eigenvalue weighted by Crippen LogP contribution is 2.32. The van der Waals surface area contributed by atoms with Gasteiger partial charge in [-0.15, -0.1) is 11.3 Å². The Hall–Kier alpha value is -2.09. The van der Waals surface area contributed by atoms with Gasteiger partial charge >= 0.3 is 5.97 Å². The first-order valence-corrected chi connectivity index (χ1v) is 13.3. The molecule has 1 aliphatic heterocycles. The molecule has 0 aromatic carbocycles. The Morgan fingerprint density at radius 2 is 1.94 bits per heavy atom. The smallest absolute Gasteiger partial charge is 0.309 e. The van der Waals surface area contributed by atoms with E-state index in [1.54, 1.807) is 32.1 Å². The van der Waals surface area contributed by atoms with Crippen LogP contribution < -0.4 is 0 Å². The summed E-state index contributed by atoms with van der Waals surface area (Å²) in [6.07, 6.45) is 7.07. The lowest BCUT2D eigenvalue weighted by molar-refractivity contribution is -0.154. The van der Waals surface area contributed by atoms with Crippen LogP contribution in [0.25, 0.3) is 6.08 Å². The number of ether oxygens (including phenoxy) is 1. The Bertz CT molecular complexity index is 974. The molecule has 6 nitrogen and oxygen atoms in total. The number of Topliss-reactive ketones (excluding diaryl/α,β-unsaturated/α-hetero) is 1. The number of carbonyl (C=O) groups excluding carboxylic acids is 2. The maximum Gasteiger partial charge on any atom is 0.309 e. The summed E-state index contributed by atoms with van der Waals surface area (Å²) >= 11 is 1.56. The number of thiazole rings is 1. The lowest BCUT2D eigenvalue weighted by atomic mass is 9.73. The molecular weight excluding hydrogens is 462 g/mol. The molecule has 0 spiro atoms. The molecule has 1 aromatic heterocycles. The molecule has 194 valence electrons. The SMILES string of the molecule is CCC1=C/C[C@@H](/C(C)=C/c2csc(C)n2)OC(=O)C[C@H](O)C(C)(C)C(=O)[C@H](C)[C@@H](O)[C@@H](C)C\C=C\1. The Morgan fingerprint density at radius 3 is 2.54 bits per heavy atom. The molecule has 0 amide bonds. The molecule has 2 N–H and O–H groups in total. The molecular formula is C28H41NO5S. The monoisotopic (exact) mass is 503 g/mol. The highest BCUT2D eigenvalue weighted by atomic mass is 32.1. The number of cyclic esters (lactones) is 1. The third-order valence-corrected chi connectivity index (χ3v) is 7.76. The van der Waals surface area contributed by atoms with E-state index in [-0.39, 0.29) is 18.1 Å². The standard InChI is InChI=1S/C28H41NO5S/c1-8-21-11-9-10-17(2)26(32)19(4)27(33)28(6,7)24(30)15-25(31)34-23(13-12-21)18(3)14-22-16-35-20(5)29-22/h9,11-12,14,16-17,19,23-24,26,30,32H,8,10,13,15H2,1-7H3/b11-9+,18-14+,21-12-/t17-,19+,23-,24-,26-/m0/s1. The molecule has 2 rings (SSSR count). The number of hydrogen-bond acceptors (Lipinski definition) is 7. The fourth-order valence-corrected chi connectivity index (χ4v) is 4.85. The third kappa shape index (κ3) is 7.95. The minimum absolute atomic E-state index is 0.131. The van der Waals surface area contributed by atoms with Crippen molar-refractivity contribution in [2.24, 2.45) is 17.3 Å². The zero-order valence-electron chi connectivity index (χ0n) is 22.1. The van der Waals surface area contributed by atoms with Crippen molar-refractivity contribution in [2.45, 2.75) is 92.5 Å². The Balaban J connectivity index is 2.41. The first-order chi connectivity index (χ1) is 16.4. The molecule has 0 radical (unpaired) electrons. The number of aliphatic hydroxyl groups is 2. The summed E-state index contributed by atoms with van der Waals surface area (Å²) in [5.41, 5.74) is 1.57. The van der Waals surface area contributed by atoms with Crippen molar-refractivity contribution in [1.29, 1.82) is 0 Å². The first-order valence-electron chi connectivity index (χ1n) is 12.4. The fourth-order valence-electron chi connectivity index (χ4n) is 4.28. The second-order valence-electron chi connectivity index (χ2n) is 10.2. The van der Waals surface area contributed by atoms with E-state index in [4.69, 9.17) is 4.74 Å². The molecule has 1 aromatic rings. The quantitative estimate of drug-likeness (QED) is 0.534. The summed E-state index contributed by atoms with van der Waals surface area (Å²) in [5, 5.41) is 24.6. The van der Waals surface area contributed by atoms with E-state index >= 15 is 0 Å². The highest BCUT2D eigenvalue weighted by molar-refractivity contribution is 7.09. The fraction of sp³-hybridized carbons (Fsp3) is 0.607. The lowest BCUT2D eigenvalue weighted by Gasteiger charge is -2.34. The van der Waals surface area contributed by atoms with E-state index in [0.29, 0.717) is 12.8 Å². The topological polar surface area (TPSA) is 96.7 Å². The van der Waals surface area contributed by atoms with Crippen LogP contribution in [0.4, 0.5) is 0 Å². The van der Waals surface area contributed by atoms with Crippen LogP contribution in [0.3, 0.4) is 0 Å². The molecule has 2 heterocycles. The van der Waals surface area contributed by atoms with Gasteiger partial charge in [-0.1, -0.05) is 58.4 Å². The number of allylic oxidation sites excluding steroid dienone is 3. The predicted octanol–water partition coefficient (Wildman–Crippen LogP) is 5.43. The highest BCUT2D eigenvalue weighted by Gasteiger charge is 2.42.